The Labute approximate surface area is 401 Å². The SMILES string of the molecule is CCCCC/C=C\C/C=C\C/C=C\CCCCCCCCC(=O)OC(COC(=O)CCCCCCCCCCCCCCCCCCCCCCCCCCC)COP(=O)(O)OCCN. The van der Waals surface area contributed by atoms with Crippen LogP contribution in [0.25, 0.3) is 0 Å². The number of hydrogen-bond acceptors (Lipinski definition) is 8. The zero-order valence-corrected chi connectivity index (χ0v) is 43.4. The third-order valence-corrected chi connectivity index (χ3v) is 13.0. The van der Waals surface area contributed by atoms with E-state index in [1.165, 1.54) is 167 Å². The minimum absolute atomic E-state index is 0.0518. The van der Waals surface area contributed by atoms with E-state index in [9.17, 15) is 19.0 Å². The van der Waals surface area contributed by atoms with Crippen molar-refractivity contribution in [3.8, 4) is 0 Å². The second kappa shape index (κ2) is 51.6. The minimum atomic E-state index is -4.39. The van der Waals surface area contributed by atoms with Crippen molar-refractivity contribution in [1.29, 1.82) is 0 Å². The van der Waals surface area contributed by atoms with Gasteiger partial charge in [-0.1, -0.05) is 243 Å². The van der Waals surface area contributed by atoms with Crippen molar-refractivity contribution in [1.82, 2.24) is 0 Å². The molecule has 65 heavy (non-hydrogen) atoms. The Kier molecular flexibility index (Phi) is 50.2. The largest absolute Gasteiger partial charge is 0.472 e. The molecule has 0 saturated carbocycles. The molecule has 0 heterocycles. The number of allylic oxidation sites excluding steroid dienone is 6. The minimum Gasteiger partial charge on any atom is -0.462 e. The monoisotopic (exact) mass is 938 g/mol. The number of rotatable bonds is 52. The van der Waals surface area contributed by atoms with Gasteiger partial charge in [-0.25, -0.2) is 4.57 Å². The molecule has 9 nitrogen and oxygen atoms in total. The van der Waals surface area contributed by atoms with Gasteiger partial charge in [-0.05, 0) is 51.4 Å². The quantitative estimate of drug-likeness (QED) is 0.0264. The Morgan fingerprint density at radius 2 is 0.800 bits per heavy atom. The second-order valence-electron chi connectivity index (χ2n) is 18.5. The first-order chi connectivity index (χ1) is 31.8. The van der Waals surface area contributed by atoms with E-state index >= 15 is 0 Å². The van der Waals surface area contributed by atoms with Gasteiger partial charge < -0.3 is 20.1 Å². The summed E-state index contributed by atoms with van der Waals surface area (Å²) in [5.74, 6) is -0.830. The van der Waals surface area contributed by atoms with E-state index in [0.717, 1.165) is 70.6 Å². The lowest BCUT2D eigenvalue weighted by Crippen LogP contribution is -2.29. The summed E-state index contributed by atoms with van der Waals surface area (Å²) < 4.78 is 33.0. The Bertz CT molecular complexity index is 1160. The van der Waals surface area contributed by atoms with Crippen LogP contribution in [0.3, 0.4) is 0 Å². The van der Waals surface area contributed by atoms with Crippen LogP contribution in [0.15, 0.2) is 36.5 Å². The molecule has 0 radical (unpaired) electrons. The molecule has 2 unspecified atom stereocenters. The average Bonchev–Trinajstić information content (AvgIpc) is 3.30. The molecule has 10 heteroatoms. The van der Waals surface area contributed by atoms with E-state index in [0.29, 0.717) is 6.42 Å². The maximum atomic E-state index is 12.7. The van der Waals surface area contributed by atoms with Gasteiger partial charge in [-0.15, -0.1) is 0 Å². The summed E-state index contributed by atoms with van der Waals surface area (Å²) >= 11 is 0. The Morgan fingerprint density at radius 3 is 1.22 bits per heavy atom. The number of ether oxygens (including phenoxy) is 2. The van der Waals surface area contributed by atoms with Crippen molar-refractivity contribution in [3.63, 3.8) is 0 Å². The third-order valence-electron chi connectivity index (χ3n) is 12.0. The third kappa shape index (κ3) is 51.5. The van der Waals surface area contributed by atoms with Crippen LogP contribution in [-0.4, -0.2) is 49.3 Å². The number of nitrogens with two attached hydrogens (primary N) is 1. The van der Waals surface area contributed by atoms with Gasteiger partial charge in [0.1, 0.15) is 6.61 Å². The van der Waals surface area contributed by atoms with E-state index in [4.69, 9.17) is 24.3 Å². The smallest absolute Gasteiger partial charge is 0.462 e. The normalized spacial score (nSPS) is 13.4. The van der Waals surface area contributed by atoms with Crippen molar-refractivity contribution < 1.29 is 37.6 Å². The van der Waals surface area contributed by atoms with E-state index in [1.807, 2.05) is 0 Å². The van der Waals surface area contributed by atoms with Crippen LogP contribution in [0.1, 0.15) is 271 Å². The number of phosphoric acid groups is 1. The lowest BCUT2D eigenvalue weighted by Gasteiger charge is -2.19. The predicted octanol–water partition coefficient (Wildman–Crippen LogP) is 16.8. The maximum Gasteiger partial charge on any atom is 0.472 e. The van der Waals surface area contributed by atoms with Crippen LogP contribution in [0, 0.1) is 0 Å². The van der Waals surface area contributed by atoms with Crippen LogP contribution < -0.4 is 5.73 Å². The summed E-state index contributed by atoms with van der Waals surface area (Å²) in [6.07, 6.45) is 60.5. The highest BCUT2D eigenvalue weighted by Gasteiger charge is 2.26. The molecule has 0 aliphatic heterocycles. The molecule has 0 fully saturated rings. The first kappa shape index (κ1) is 63.2. The van der Waals surface area contributed by atoms with Crippen molar-refractivity contribution in [2.45, 2.75) is 277 Å². The number of phosphoric ester groups is 1. The van der Waals surface area contributed by atoms with Crippen LogP contribution >= 0.6 is 7.82 Å². The number of hydrogen-bond donors (Lipinski definition) is 2. The highest BCUT2D eigenvalue weighted by Crippen LogP contribution is 2.43. The fraction of sp³-hybridized carbons (Fsp3) is 0.855. The fourth-order valence-electron chi connectivity index (χ4n) is 7.94. The number of esters is 2. The molecule has 2 atom stereocenters. The predicted molar refractivity (Wildman–Crippen MR) is 275 cm³/mol. The molecule has 3 N–H and O–H groups in total. The van der Waals surface area contributed by atoms with Gasteiger partial charge in [0.25, 0.3) is 0 Å². The number of carbonyl (C=O) groups excluding carboxylic acids is 2. The van der Waals surface area contributed by atoms with Crippen LogP contribution in [0.5, 0.6) is 0 Å². The number of carbonyl (C=O) groups is 2. The van der Waals surface area contributed by atoms with E-state index < -0.39 is 26.5 Å². The summed E-state index contributed by atoms with van der Waals surface area (Å²) in [6.45, 7) is 3.74. The molecule has 0 saturated heterocycles. The first-order valence-electron chi connectivity index (χ1n) is 27.5. The molecule has 0 aromatic rings. The summed E-state index contributed by atoms with van der Waals surface area (Å²) in [5.41, 5.74) is 5.37. The summed E-state index contributed by atoms with van der Waals surface area (Å²) in [7, 11) is -4.39. The van der Waals surface area contributed by atoms with Crippen LogP contribution in [0.4, 0.5) is 0 Å². The lowest BCUT2D eigenvalue weighted by molar-refractivity contribution is -0.161. The zero-order chi connectivity index (χ0) is 47.4. The molecule has 0 spiro atoms. The molecule has 0 aliphatic carbocycles. The van der Waals surface area contributed by atoms with Gasteiger partial charge in [0, 0.05) is 19.4 Å². The van der Waals surface area contributed by atoms with E-state index in [2.05, 4.69) is 50.3 Å². The molecular weight excluding hydrogens is 834 g/mol. The highest BCUT2D eigenvalue weighted by molar-refractivity contribution is 7.47. The highest BCUT2D eigenvalue weighted by atomic mass is 31.2. The van der Waals surface area contributed by atoms with Crippen LogP contribution in [-0.2, 0) is 32.7 Å². The van der Waals surface area contributed by atoms with Crippen molar-refractivity contribution in [2.24, 2.45) is 5.73 Å². The molecule has 0 aromatic carbocycles. The Balaban J connectivity index is 3.97. The zero-order valence-electron chi connectivity index (χ0n) is 42.5. The maximum absolute atomic E-state index is 12.7. The summed E-state index contributed by atoms with van der Waals surface area (Å²) in [4.78, 5) is 35.1. The van der Waals surface area contributed by atoms with Gasteiger partial charge in [0.05, 0.1) is 13.2 Å². The fourth-order valence-corrected chi connectivity index (χ4v) is 8.70. The summed E-state index contributed by atoms with van der Waals surface area (Å²) in [5, 5.41) is 0. The molecule has 0 rings (SSSR count). The summed E-state index contributed by atoms with van der Waals surface area (Å²) in [6, 6.07) is 0. The molecule has 382 valence electrons. The Hall–Kier alpha value is -1.77. The van der Waals surface area contributed by atoms with Gasteiger partial charge >= 0.3 is 19.8 Å². The second-order valence-corrected chi connectivity index (χ2v) is 19.9. The number of unbranched alkanes of at least 4 members (excludes halogenated alkanes) is 33. The van der Waals surface area contributed by atoms with Gasteiger partial charge in [0.15, 0.2) is 6.10 Å². The van der Waals surface area contributed by atoms with E-state index in [1.54, 1.807) is 0 Å². The Morgan fingerprint density at radius 1 is 0.462 bits per heavy atom. The lowest BCUT2D eigenvalue weighted by atomic mass is 10.0. The first-order valence-corrected chi connectivity index (χ1v) is 29.0. The molecule has 0 aromatic heterocycles. The van der Waals surface area contributed by atoms with Gasteiger partial charge in [-0.2, -0.15) is 0 Å². The molecule has 0 bridgehead atoms. The molecule has 0 amide bonds. The topological polar surface area (TPSA) is 134 Å². The van der Waals surface area contributed by atoms with Gasteiger partial charge in [-0.3, -0.25) is 18.6 Å². The molecular formula is C55H104NO8P. The van der Waals surface area contributed by atoms with E-state index in [-0.39, 0.29) is 38.6 Å². The standard InChI is InChI=1S/C55H104NO8P/c1-3-5-7-9-11-13-15-17-19-21-23-24-25-26-27-28-30-31-33-35-37-39-41-43-45-47-54(57)61-51-53(52-63-65(59,60)62-50-49-56)64-55(58)48-46-44-42-40-38-36-34-32-29-22-20-18-16-14-12-10-8-6-4-2/h12,14,18,20,29,32,53H,3-11,13,15-17,19,21-28,30-31,33-52,56H2,1-2H3,(H,59,60)/b14-12-,20-18-,32-29-. The van der Waals surface area contributed by atoms with Crippen molar-refractivity contribution in [2.75, 3.05) is 26.4 Å². The average molecular weight is 938 g/mol. The van der Waals surface area contributed by atoms with Gasteiger partial charge in [0.2, 0.25) is 0 Å². The van der Waals surface area contributed by atoms with Crippen molar-refractivity contribution in [3.05, 3.63) is 36.5 Å². The van der Waals surface area contributed by atoms with Crippen molar-refractivity contribution >= 4 is 19.8 Å². The van der Waals surface area contributed by atoms with Crippen LogP contribution in [0.2, 0.25) is 0 Å². The molecule has 0 aliphatic rings.